The van der Waals surface area contributed by atoms with Gasteiger partial charge in [-0.15, -0.1) is 0 Å². The maximum absolute atomic E-state index is 12.5. The molecule has 6 heteroatoms. The zero-order chi connectivity index (χ0) is 16.4. The van der Waals surface area contributed by atoms with Crippen LogP contribution >= 0.6 is 0 Å². The fourth-order valence-corrected chi connectivity index (χ4v) is 2.35. The fourth-order valence-electron chi connectivity index (χ4n) is 2.35. The van der Waals surface area contributed by atoms with Gasteiger partial charge in [0.1, 0.15) is 0 Å². The number of hydrogen-bond donors (Lipinski definition) is 0. The number of carbonyl (C=O) groups excluding carboxylic acids is 1. The summed E-state index contributed by atoms with van der Waals surface area (Å²) >= 11 is 0. The van der Waals surface area contributed by atoms with Crippen molar-refractivity contribution in [1.29, 1.82) is 0 Å². The van der Waals surface area contributed by atoms with Crippen LogP contribution in [0.25, 0.3) is 11.3 Å². The van der Waals surface area contributed by atoms with Crippen LogP contribution in [0.15, 0.2) is 41.2 Å². The predicted molar refractivity (Wildman–Crippen MR) is 83.2 cm³/mol. The standard InChI is InChI=1S/C16H16N2O4/c1-10(2)17-15(8-7-14(11(3)19)16(17)20)12-5-4-6-13(9-12)18(21)22/h4-10H,1-3H3. The average molecular weight is 300 g/mol. The molecule has 0 aliphatic rings. The van der Waals surface area contributed by atoms with E-state index in [4.69, 9.17) is 0 Å². The second-order valence-electron chi connectivity index (χ2n) is 5.26. The van der Waals surface area contributed by atoms with Gasteiger partial charge in [-0.1, -0.05) is 12.1 Å². The molecule has 0 saturated carbocycles. The quantitative estimate of drug-likeness (QED) is 0.493. The van der Waals surface area contributed by atoms with Gasteiger partial charge in [-0.25, -0.2) is 0 Å². The van der Waals surface area contributed by atoms with E-state index in [-0.39, 0.29) is 28.6 Å². The molecule has 114 valence electrons. The first-order chi connectivity index (χ1) is 10.3. The number of ketones is 1. The summed E-state index contributed by atoms with van der Waals surface area (Å²) in [6.07, 6.45) is 0. The molecule has 0 saturated heterocycles. The van der Waals surface area contributed by atoms with Crippen LogP contribution in [0.3, 0.4) is 0 Å². The van der Waals surface area contributed by atoms with Crippen molar-refractivity contribution in [2.45, 2.75) is 26.8 Å². The molecule has 0 bridgehead atoms. The molecular weight excluding hydrogens is 284 g/mol. The molecule has 0 fully saturated rings. The summed E-state index contributed by atoms with van der Waals surface area (Å²) in [6.45, 7) is 4.99. The molecule has 1 aromatic carbocycles. The molecule has 6 nitrogen and oxygen atoms in total. The van der Waals surface area contributed by atoms with Gasteiger partial charge in [0.2, 0.25) is 0 Å². The predicted octanol–water partition coefficient (Wildman–Crippen LogP) is 3.21. The normalized spacial score (nSPS) is 10.7. The number of nitro groups is 1. The monoisotopic (exact) mass is 300 g/mol. The molecule has 0 unspecified atom stereocenters. The lowest BCUT2D eigenvalue weighted by Gasteiger charge is -2.17. The highest BCUT2D eigenvalue weighted by atomic mass is 16.6. The summed E-state index contributed by atoms with van der Waals surface area (Å²) in [6, 6.07) is 9.03. The third kappa shape index (κ3) is 2.81. The van der Waals surface area contributed by atoms with Crippen molar-refractivity contribution >= 4 is 11.5 Å². The number of carbonyl (C=O) groups is 1. The maximum atomic E-state index is 12.5. The van der Waals surface area contributed by atoms with Gasteiger partial charge in [0.05, 0.1) is 16.2 Å². The van der Waals surface area contributed by atoms with E-state index >= 15 is 0 Å². The molecule has 0 amide bonds. The van der Waals surface area contributed by atoms with Crippen molar-refractivity contribution in [1.82, 2.24) is 4.57 Å². The third-order valence-corrected chi connectivity index (χ3v) is 3.37. The van der Waals surface area contributed by atoms with Gasteiger partial charge in [-0.05, 0) is 32.9 Å². The van der Waals surface area contributed by atoms with E-state index in [1.807, 2.05) is 13.8 Å². The molecule has 2 rings (SSSR count). The Morgan fingerprint density at radius 1 is 1.23 bits per heavy atom. The van der Waals surface area contributed by atoms with E-state index in [2.05, 4.69) is 0 Å². The van der Waals surface area contributed by atoms with Crippen LogP contribution < -0.4 is 5.56 Å². The third-order valence-electron chi connectivity index (χ3n) is 3.37. The van der Waals surface area contributed by atoms with Crippen LogP contribution in [-0.4, -0.2) is 15.3 Å². The first-order valence-electron chi connectivity index (χ1n) is 6.84. The molecular formula is C16H16N2O4. The van der Waals surface area contributed by atoms with E-state index in [9.17, 15) is 19.7 Å². The molecule has 1 heterocycles. The molecule has 0 atom stereocenters. The molecule has 22 heavy (non-hydrogen) atoms. The molecule has 0 spiro atoms. The number of pyridine rings is 1. The number of rotatable bonds is 4. The van der Waals surface area contributed by atoms with Crippen molar-refractivity contribution in [2.24, 2.45) is 0 Å². The lowest BCUT2D eigenvalue weighted by atomic mass is 10.1. The minimum Gasteiger partial charge on any atom is -0.305 e. The van der Waals surface area contributed by atoms with Crippen molar-refractivity contribution in [2.75, 3.05) is 0 Å². The summed E-state index contributed by atoms with van der Waals surface area (Å²) in [7, 11) is 0. The average Bonchev–Trinajstić information content (AvgIpc) is 2.46. The van der Waals surface area contributed by atoms with Crippen molar-refractivity contribution < 1.29 is 9.72 Å². The lowest BCUT2D eigenvalue weighted by Crippen LogP contribution is -2.28. The van der Waals surface area contributed by atoms with Gasteiger partial charge in [0.15, 0.2) is 5.78 Å². The largest absolute Gasteiger partial charge is 0.305 e. The van der Waals surface area contributed by atoms with Gasteiger partial charge in [0, 0.05) is 23.7 Å². The molecule has 0 aliphatic carbocycles. The zero-order valence-corrected chi connectivity index (χ0v) is 12.6. The number of non-ortho nitro benzene ring substituents is 1. The smallest absolute Gasteiger partial charge is 0.270 e. The highest BCUT2D eigenvalue weighted by Gasteiger charge is 2.16. The number of nitrogens with zero attached hydrogens (tertiary/aromatic N) is 2. The summed E-state index contributed by atoms with van der Waals surface area (Å²) in [5.41, 5.74) is 0.800. The van der Waals surface area contributed by atoms with Crippen LogP contribution in [0.5, 0.6) is 0 Å². The Hall–Kier alpha value is -2.76. The second-order valence-corrected chi connectivity index (χ2v) is 5.26. The van der Waals surface area contributed by atoms with Gasteiger partial charge >= 0.3 is 0 Å². The summed E-state index contributed by atoms with van der Waals surface area (Å²) in [5, 5.41) is 10.9. The molecule has 0 radical (unpaired) electrons. The minimum absolute atomic E-state index is 0.0455. The summed E-state index contributed by atoms with van der Waals surface area (Å²) in [4.78, 5) is 34.4. The van der Waals surface area contributed by atoms with Gasteiger partial charge in [-0.3, -0.25) is 19.7 Å². The number of Topliss-reactive ketones (excluding diaryl/α,β-unsaturated/α-hetero) is 1. The van der Waals surface area contributed by atoms with Crippen LogP contribution in [0.2, 0.25) is 0 Å². The van der Waals surface area contributed by atoms with Crippen molar-refractivity contribution in [3.63, 3.8) is 0 Å². The Bertz CT molecular complexity index is 806. The molecule has 0 N–H and O–H groups in total. The zero-order valence-electron chi connectivity index (χ0n) is 12.6. The maximum Gasteiger partial charge on any atom is 0.270 e. The Balaban J connectivity index is 2.73. The first-order valence-corrected chi connectivity index (χ1v) is 6.84. The topological polar surface area (TPSA) is 82.2 Å². The van der Waals surface area contributed by atoms with E-state index in [0.29, 0.717) is 11.3 Å². The van der Waals surface area contributed by atoms with Crippen LogP contribution in [0.1, 0.15) is 37.2 Å². The fraction of sp³-hybridized carbons (Fsp3) is 0.250. The number of nitro benzene ring substituents is 1. The van der Waals surface area contributed by atoms with E-state index in [1.54, 1.807) is 18.2 Å². The SMILES string of the molecule is CC(=O)c1ccc(-c2cccc([N+](=O)[O-])c2)n(C(C)C)c1=O. The Kier molecular flexibility index (Phi) is 4.21. The number of hydrogen-bond acceptors (Lipinski definition) is 4. The lowest BCUT2D eigenvalue weighted by molar-refractivity contribution is -0.384. The Morgan fingerprint density at radius 3 is 2.45 bits per heavy atom. The van der Waals surface area contributed by atoms with Gasteiger partial charge < -0.3 is 4.57 Å². The van der Waals surface area contributed by atoms with E-state index < -0.39 is 4.92 Å². The number of aromatic nitrogens is 1. The van der Waals surface area contributed by atoms with E-state index in [0.717, 1.165) is 0 Å². The first kappa shape index (κ1) is 15.6. The Morgan fingerprint density at radius 2 is 1.91 bits per heavy atom. The summed E-state index contributed by atoms with van der Waals surface area (Å²) < 4.78 is 1.48. The minimum atomic E-state index is -0.481. The van der Waals surface area contributed by atoms with Crippen molar-refractivity contribution in [3.05, 3.63) is 62.4 Å². The highest BCUT2D eigenvalue weighted by Crippen LogP contribution is 2.25. The molecule has 2 aromatic rings. The van der Waals surface area contributed by atoms with E-state index in [1.165, 1.54) is 29.7 Å². The molecule has 0 aliphatic heterocycles. The van der Waals surface area contributed by atoms with Crippen LogP contribution in [0, 0.1) is 10.1 Å². The summed E-state index contributed by atoms with van der Waals surface area (Å²) in [5.74, 6) is -0.301. The van der Waals surface area contributed by atoms with Gasteiger partial charge in [0.25, 0.3) is 11.2 Å². The van der Waals surface area contributed by atoms with Gasteiger partial charge in [-0.2, -0.15) is 0 Å². The van der Waals surface area contributed by atoms with Crippen LogP contribution in [0.4, 0.5) is 5.69 Å². The van der Waals surface area contributed by atoms with Crippen molar-refractivity contribution in [3.8, 4) is 11.3 Å². The number of benzene rings is 1. The second kappa shape index (κ2) is 5.93. The molecule has 1 aromatic heterocycles. The Labute approximate surface area is 127 Å². The highest BCUT2D eigenvalue weighted by molar-refractivity contribution is 5.94. The van der Waals surface area contributed by atoms with Crippen LogP contribution in [-0.2, 0) is 0 Å².